The van der Waals surface area contributed by atoms with E-state index in [9.17, 15) is 19.8 Å². The van der Waals surface area contributed by atoms with Crippen molar-refractivity contribution in [3.63, 3.8) is 0 Å². The monoisotopic (exact) mass is 334 g/mol. The van der Waals surface area contributed by atoms with E-state index in [1.54, 1.807) is 26.0 Å². The Morgan fingerprint density at radius 3 is 2.20 bits per heavy atom. The lowest BCUT2D eigenvalue weighted by atomic mass is 9.90. The molecule has 25 heavy (non-hydrogen) atoms. The summed E-state index contributed by atoms with van der Waals surface area (Å²) >= 11 is 0. The first-order valence-corrected chi connectivity index (χ1v) is 7.95. The van der Waals surface area contributed by atoms with Crippen molar-refractivity contribution in [2.24, 2.45) is 0 Å². The zero-order valence-corrected chi connectivity index (χ0v) is 14.0. The largest absolute Gasteiger partial charge is 0.478 e. The van der Waals surface area contributed by atoms with Crippen LogP contribution in [0.15, 0.2) is 59.7 Å². The summed E-state index contributed by atoms with van der Waals surface area (Å²) in [5.41, 5.74) is 5.36. The summed E-state index contributed by atoms with van der Waals surface area (Å²) in [4.78, 5) is 22.5. The first-order chi connectivity index (χ1) is 11.9. The standard InChI is InChI=1S/C21H18O4/c1-12(20(22)23)10-14-6-5-9-17-15-7-3-4-8-16(15)18(19(14)17)11-13(2)21(24)25/h3-11,18H,1-2H3,(H,22,23)(H,24,25). The number of aliphatic carboxylic acids is 2. The highest BCUT2D eigenvalue weighted by Crippen LogP contribution is 2.47. The normalized spacial score (nSPS) is 16.3. The number of benzene rings is 2. The SMILES string of the molecule is CC(=Cc1cccc2c1C(C=C(C)C(=O)O)c1ccccc1-2)C(=O)O. The summed E-state index contributed by atoms with van der Waals surface area (Å²) < 4.78 is 0. The minimum absolute atomic E-state index is 0.212. The van der Waals surface area contributed by atoms with Crippen molar-refractivity contribution in [1.29, 1.82) is 0 Å². The third kappa shape index (κ3) is 2.98. The molecule has 1 aliphatic carbocycles. The van der Waals surface area contributed by atoms with Crippen LogP contribution >= 0.6 is 0 Å². The number of allylic oxidation sites excluding steroid dienone is 1. The lowest BCUT2D eigenvalue weighted by Gasteiger charge is -2.13. The molecule has 4 heteroatoms. The fourth-order valence-corrected chi connectivity index (χ4v) is 3.25. The molecule has 0 fully saturated rings. The Morgan fingerprint density at radius 1 is 0.880 bits per heavy atom. The molecule has 0 spiro atoms. The molecule has 2 aromatic rings. The molecular weight excluding hydrogens is 316 g/mol. The summed E-state index contributed by atoms with van der Waals surface area (Å²) in [5, 5.41) is 18.5. The van der Waals surface area contributed by atoms with Gasteiger partial charge in [0, 0.05) is 17.1 Å². The molecule has 0 saturated heterocycles. The number of carbonyl (C=O) groups is 2. The lowest BCUT2D eigenvalue weighted by Crippen LogP contribution is -2.02. The van der Waals surface area contributed by atoms with Crippen molar-refractivity contribution in [3.8, 4) is 11.1 Å². The van der Waals surface area contributed by atoms with Crippen LogP contribution in [-0.4, -0.2) is 22.2 Å². The Hall–Kier alpha value is -3.14. The van der Waals surface area contributed by atoms with E-state index in [0.29, 0.717) is 0 Å². The smallest absolute Gasteiger partial charge is 0.331 e. The zero-order valence-electron chi connectivity index (χ0n) is 14.0. The highest BCUT2D eigenvalue weighted by Gasteiger charge is 2.29. The summed E-state index contributed by atoms with van der Waals surface area (Å²) in [6.45, 7) is 3.13. The van der Waals surface area contributed by atoms with E-state index in [4.69, 9.17) is 0 Å². The predicted octanol–water partition coefficient (Wildman–Crippen LogP) is 4.32. The molecule has 126 valence electrons. The van der Waals surface area contributed by atoms with Gasteiger partial charge < -0.3 is 10.2 Å². The molecule has 2 aromatic carbocycles. The Morgan fingerprint density at radius 2 is 1.52 bits per heavy atom. The number of fused-ring (bicyclic) bond motifs is 3. The second-order valence-electron chi connectivity index (χ2n) is 6.16. The van der Waals surface area contributed by atoms with Gasteiger partial charge in [0.05, 0.1) is 0 Å². The number of carboxylic acid groups (broad SMARTS) is 2. The van der Waals surface area contributed by atoms with Gasteiger partial charge in [0.15, 0.2) is 0 Å². The van der Waals surface area contributed by atoms with Gasteiger partial charge in [0.1, 0.15) is 0 Å². The second kappa shape index (κ2) is 6.40. The van der Waals surface area contributed by atoms with Gasteiger partial charge >= 0.3 is 11.9 Å². The molecule has 1 atom stereocenters. The van der Waals surface area contributed by atoms with Crippen molar-refractivity contribution in [1.82, 2.24) is 0 Å². The summed E-state index contributed by atoms with van der Waals surface area (Å²) in [5.74, 6) is -2.14. The number of carboxylic acids is 2. The molecule has 0 heterocycles. The van der Waals surface area contributed by atoms with Crippen molar-refractivity contribution >= 4 is 18.0 Å². The summed E-state index contributed by atoms with van der Waals surface area (Å²) in [6, 6.07) is 13.6. The summed E-state index contributed by atoms with van der Waals surface area (Å²) in [7, 11) is 0. The van der Waals surface area contributed by atoms with Crippen LogP contribution in [0.25, 0.3) is 17.2 Å². The van der Waals surface area contributed by atoms with Gasteiger partial charge in [0.25, 0.3) is 0 Å². The van der Waals surface area contributed by atoms with E-state index in [-0.39, 0.29) is 17.1 Å². The number of hydrogen-bond acceptors (Lipinski definition) is 2. The molecular formula is C21H18O4. The van der Waals surface area contributed by atoms with E-state index in [1.807, 2.05) is 42.5 Å². The minimum atomic E-state index is -0.970. The third-order valence-corrected chi connectivity index (χ3v) is 4.50. The molecule has 1 unspecified atom stereocenters. The molecule has 0 aliphatic heterocycles. The topological polar surface area (TPSA) is 74.6 Å². The molecule has 0 bridgehead atoms. The van der Waals surface area contributed by atoms with Crippen molar-refractivity contribution in [2.45, 2.75) is 19.8 Å². The Kier molecular flexibility index (Phi) is 4.28. The molecule has 0 amide bonds. The van der Waals surface area contributed by atoms with Gasteiger partial charge in [-0.2, -0.15) is 0 Å². The number of rotatable bonds is 4. The van der Waals surface area contributed by atoms with Crippen LogP contribution in [0.2, 0.25) is 0 Å². The molecule has 0 radical (unpaired) electrons. The van der Waals surface area contributed by atoms with Gasteiger partial charge in [-0.3, -0.25) is 0 Å². The molecule has 3 rings (SSSR count). The highest BCUT2D eigenvalue weighted by molar-refractivity contribution is 5.93. The van der Waals surface area contributed by atoms with E-state index in [2.05, 4.69) is 0 Å². The molecule has 4 nitrogen and oxygen atoms in total. The molecule has 0 aromatic heterocycles. The van der Waals surface area contributed by atoms with Crippen molar-refractivity contribution in [3.05, 3.63) is 76.4 Å². The average Bonchev–Trinajstić information content (AvgIpc) is 2.90. The van der Waals surface area contributed by atoms with Crippen molar-refractivity contribution < 1.29 is 19.8 Å². The molecule has 2 N–H and O–H groups in total. The molecule has 1 aliphatic rings. The van der Waals surface area contributed by atoms with Gasteiger partial charge in [-0.15, -0.1) is 0 Å². The maximum atomic E-state index is 11.3. The second-order valence-corrected chi connectivity index (χ2v) is 6.16. The van der Waals surface area contributed by atoms with Gasteiger partial charge in [0.2, 0.25) is 0 Å². The zero-order chi connectivity index (χ0) is 18.1. The van der Waals surface area contributed by atoms with E-state index in [0.717, 1.165) is 27.8 Å². The van der Waals surface area contributed by atoms with E-state index in [1.165, 1.54) is 0 Å². The van der Waals surface area contributed by atoms with Crippen molar-refractivity contribution in [2.75, 3.05) is 0 Å². The fraction of sp³-hybridized carbons (Fsp3) is 0.143. The first-order valence-electron chi connectivity index (χ1n) is 7.95. The highest BCUT2D eigenvalue weighted by atomic mass is 16.4. The third-order valence-electron chi connectivity index (χ3n) is 4.50. The van der Waals surface area contributed by atoms with Crippen LogP contribution < -0.4 is 0 Å². The Balaban J connectivity index is 2.26. The van der Waals surface area contributed by atoms with Crippen LogP contribution in [0.5, 0.6) is 0 Å². The number of hydrogen-bond donors (Lipinski definition) is 2. The fourth-order valence-electron chi connectivity index (χ4n) is 3.25. The van der Waals surface area contributed by atoms with Crippen LogP contribution in [0.4, 0.5) is 0 Å². The van der Waals surface area contributed by atoms with Crippen LogP contribution in [0.1, 0.15) is 36.5 Å². The molecule has 0 saturated carbocycles. The van der Waals surface area contributed by atoms with Gasteiger partial charge in [-0.1, -0.05) is 48.5 Å². The Bertz CT molecular complexity index is 935. The lowest BCUT2D eigenvalue weighted by molar-refractivity contribution is -0.133. The first kappa shape index (κ1) is 16.7. The average molecular weight is 334 g/mol. The maximum absolute atomic E-state index is 11.3. The van der Waals surface area contributed by atoms with Gasteiger partial charge in [-0.05, 0) is 47.7 Å². The van der Waals surface area contributed by atoms with E-state index >= 15 is 0 Å². The van der Waals surface area contributed by atoms with Gasteiger partial charge in [-0.25, -0.2) is 9.59 Å². The predicted molar refractivity (Wildman–Crippen MR) is 96.4 cm³/mol. The quantitative estimate of drug-likeness (QED) is 0.817. The Labute approximate surface area is 145 Å². The van der Waals surface area contributed by atoms with Crippen LogP contribution in [0.3, 0.4) is 0 Å². The maximum Gasteiger partial charge on any atom is 0.331 e. The summed E-state index contributed by atoms with van der Waals surface area (Å²) in [6.07, 6.45) is 3.38. The van der Waals surface area contributed by atoms with Crippen LogP contribution in [-0.2, 0) is 9.59 Å². The van der Waals surface area contributed by atoms with E-state index < -0.39 is 11.9 Å². The minimum Gasteiger partial charge on any atom is -0.478 e. The van der Waals surface area contributed by atoms with Crippen LogP contribution in [0, 0.1) is 0 Å².